The molecule has 150 valence electrons. The van der Waals surface area contributed by atoms with Crippen LogP contribution in [0.3, 0.4) is 0 Å². The van der Waals surface area contributed by atoms with Gasteiger partial charge in [0.15, 0.2) is 0 Å². The van der Waals surface area contributed by atoms with Crippen LogP contribution in [0.1, 0.15) is 0 Å². The summed E-state index contributed by atoms with van der Waals surface area (Å²) < 4.78 is 59.9. The minimum atomic E-state index is -1.84. The normalized spacial score (nSPS) is 11.1. The van der Waals surface area contributed by atoms with Crippen LogP contribution in [0.5, 0.6) is 0 Å². The fraction of sp³-hybridized carbons (Fsp3) is 0. The van der Waals surface area contributed by atoms with Crippen molar-refractivity contribution in [1.29, 1.82) is 0 Å². The Hall–Kier alpha value is -0.815. The number of rotatable bonds is 3. The SMILES string of the molecule is Fc1c(Cl)cc(Cl)c(F)c1B(c1c(Cl)cccc1Cl)c1c(F)c(Cl)cc(Cl)c1F. The monoisotopic (exact) mass is 518 g/mol. The highest BCUT2D eigenvalue weighted by Gasteiger charge is 2.38. The Balaban J connectivity index is 2.55. The molecule has 0 aliphatic rings. The first-order chi connectivity index (χ1) is 13.6. The predicted octanol–water partition coefficient (Wildman–Crippen LogP) is 6.68. The van der Waals surface area contributed by atoms with Crippen molar-refractivity contribution in [1.82, 2.24) is 0 Å². The molecule has 0 amide bonds. The second-order valence-corrected chi connectivity index (χ2v) is 8.28. The van der Waals surface area contributed by atoms with Crippen LogP contribution in [0.2, 0.25) is 30.1 Å². The summed E-state index contributed by atoms with van der Waals surface area (Å²) in [6.07, 6.45) is 0. The smallest absolute Gasteiger partial charge is 0.206 e. The first-order valence-corrected chi connectivity index (χ1v) is 9.92. The lowest BCUT2D eigenvalue weighted by Gasteiger charge is -2.22. The van der Waals surface area contributed by atoms with E-state index in [0.29, 0.717) is 0 Å². The van der Waals surface area contributed by atoms with Gasteiger partial charge in [-0.2, -0.15) is 0 Å². The highest BCUT2D eigenvalue weighted by atomic mass is 35.5. The van der Waals surface area contributed by atoms with Crippen molar-refractivity contribution >= 4 is 92.7 Å². The zero-order valence-electron chi connectivity index (χ0n) is 13.7. The van der Waals surface area contributed by atoms with Crippen LogP contribution in [-0.2, 0) is 0 Å². The molecular formula is C18H5BCl6F4. The summed E-state index contributed by atoms with van der Waals surface area (Å²) in [6.45, 7) is -1.84. The third-order valence-electron chi connectivity index (χ3n) is 4.16. The lowest BCUT2D eigenvalue weighted by Crippen LogP contribution is -2.58. The van der Waals surface area contributed by atoms with Crippen molar-refractivity contribution in [3.63, 3.8) is 0 Å². The second kappa shape index (κ2) is 8.74. The fourth-order valence-corrected chi connectivity index (χ4v) is 4.48. The third kappa shape index (κ3) is 4.06. The third-order valence-corrected chi connectivity index (χ3v) is 5.92. The van der Waals surface area contributed by atoms with E-state index in [1.54, 1.807) is 0 Å². The largest absolute Gasteiger partial charge is 0.260 e. The van der Waals surface area contributed by atoms with Crippen LogP contribution >= 0.6 is 69.6 Å². The van der Waals surface area contributed by atoms with Gasteiger partial charge in [-0.05, 0) is 29.7 Å². The van der Waals surface area contributed by atoms with Crippen molar-refractivity contribution in [2.45, 2.75) is 0 Å². The minimum absolute atomic E-state index is 0.118. The summed E-state index contributed by atoms with van der Waals surface area (Å²) in [6, 6.07) is 5.75. The Kier molecular flexibility index (Phi) is 6.89. The van der Waals surface area contributed by atoms with Crippen molar-refractivity contribution in [2.75, 3.05) is 0 Å². The van der Waals surface area contributed by atoms with E-state index < -0.39 is 61.0 Å². The molecular weight excluding hydrogens is 516 g/mol. The summed E-state index contributed by atoms with van der Waals surface area (Å²) in [7, 11) is 0. The number of benzene rings is 3. The van der Waals surface area contributed by atoms with Gasteiger partial charge in [0.2, 0.25) is 0 Å². The zero-order chi connectivity index (χ0) is 21.6. The zero-order valence-corrected chi connectivity index (χ0v) is 18.3. The number of hydrogen-bond donors (Lipinski definition) is 0. The van der Waals surface area contributed by atoms with E-state index in [2.05, 4.69) is 0 Å². The van der Waals surface area contributed by atoms with Gasteiger partial charge in [-0.1, -0.05) is 75.7 Å². The summed E-state index contributed by atoms with van der Waals surface area (Å²) in [5, 5.41) is -2.54. The first kappa shape index (κ1) is 22.9. The van der Waals surface area contributed by atoms with Crippen molar-refractivity contribution < 1.29 is 17.6 Å². The lowest BCUT2D eigenvalue weighted by atomic mass is 9.36. The Morgan fingerprint density at radius 1 is 0.483 bits per heavy atom. The van der Waals surface area contributed by atoms with Gasteiger partial charge in [0.05, 0.1) is 20.1 Å². The van der Waals surface area contributed by atoms with Gasteiger partial charge in [-0.15, -0.1) is 0 Å². The van der Waals surface area contributed by atoms with E-state index in [0.717, 1.165) is 12.1 Å². The van der Waals surface area contributed by atoms with E-state index in [-0.39, 0.29) is 15.5 Å². The van der Waals surface area contributed by atoms with Crippen LogP contribution in [0, 0.1) is 23.3 Å². The van der Waals surface area contributed by atoms with E-state index >= 15 is 0 Å². The molecule has 0 nitrogen and oxygen atoms in total. The molecule has 0 saturated carbocycles. The van der Waals surface area contributed by atoms with Crippen LogP contribution < -0.4 is 16.4 Å². The molecule has 3 aromatic carbocycles. The minimum Gasteiger partial charge on any atom is -0.206 e. The van der Waals surface area contributed by atoms with Crippen molar-refractivity contribution in [3.8, 4) is 0 Å². The van der Waals surface area contributed by atoms with Crippen LogP contribution in [-0.4, -0.2) is 6.71 Å². The molecule has 3 aromatic rings. The van der Waals surface area contributed by atoms with E-state index in [4.69, 9.17) is 69.6 Å². The van der Waals surface area contributed by atoms with Crippen molar-refractivity contribution in [3.05, 3.63) is 83.7 Å². The average molecular weight is 521 g/mol. The summed E-state index contributed by atoms with van der Waals surface area (Å²) in [5.74, 6) is -5.21. The molecule has 0 unspecified atom stereocenters. The van der Waals surface area contributed by atoms with Crippen LogP contribution in [0.15, 0.2) is 30.3 Å². The van der Waals surface area contributed by atoms with E-state index in [1.807, 2.05) is 0 Å². The fourth-order valence-electron chi connectivity index (χ4n) is 2.91. The van der Waals surface area contributed by atoms with Gasteiger partial charge in [0, 0.05) is 21.0 Å². The molecule has 0 atom stereocenters. The molecule has 29 heavy (non-hydrogen) atoms. The van der Waals surface area contributed by atoms with Gasteiger partial charge in [-0.3, -0.25) is 0 Å². The van der Waals surface area contributed by atoms with Gasteiger partial charge in [0.1, 0.15) is 23.3 Å². The maximum Gasteiger partial charge on any atom is 0.260 e. The molecule has 0 bridgehead atoms. The molecule has 0 N–H and O–H groups in total. The maximum atomic E-state index is 15.0. The van der Waals surface area contributed by atoms with E-state index in [1.165, 1.54) is 18.2 Å². The summed E-state index contributed by atoms with van der Waals surface area (Å²) >= 11 is 35.6. The maximum absolute atomic E-state index is 15.0. The molecule has 0 heterocycles. The topological polar surface area (TPSA) is 0 Å². The van der Waals surface area contributed by atoms with Gasteiger partial charge in [0.25, 0.3) is 6.71 Å². The highest BCUT2D eigenvalue weighted by Crippen LogP contribution is 2.27. The quantitative estimate of drug-likeness (QED) is 0.205. The van der Waals surface area contributed by atoms with Gasteiger partial charge in [-0.25, -0.2) is 17.6 Å². The first-order valence-electron chi connectivity index (χ1n) is 7.65. The van der Waals surface area contributed by atoms with Gasteiger partial charge >= 0.3 is 0 Å². The van der Waals surface area contributed by atoms with Crippen LogP contribution in [0.4, 0.5) is 17.6 Å². The van der Waals surface area contributed by atoms with E-state index in [9.17, 15) is 17.6 Å². The highest BCUT2D eigenvalue weighted by molar-refractivity contribution is 6.98. The van der Waals surface area contributed by atoms with Crippen molar-refractivity contribution in [2.24, 2.45) is 0 Å². The Bertz CT molecular complexity index is 1000. The molecule has 11 heteroatoms. The molecule has 3 rings (SSSR count). The molecule has 0 fully saturated rings. The molecule has 0 aliphatic heterocycles. The molecule has 0 aromatic heterocycles. The Morgan fingerprint density at radius 2 is 0.793 bits per heavy atom. The molecule has 0 spiro atoms. The molecule has 0 radical (unpaired) electrons. The Labute approximate surface area is 193 Å². The predicted molar refractivity (Wildman–Crippen MR) is 114 cm³/mol. The van der Waals surface area contributed by atoms with Crippen LogP contribution in [0.25, 0.3) is 0 Å². The lowest BCUT2D eigenvalue weighted by molar-refractivity contribution is 0.593. The number of hydrogen-bond acceptors (Lipinski definition) is 0. The standard InChI is InChI=1S/C18H5BCl6F4/c20-6-2-1-3-7(21)12(6)19(13-15(26)8(22)4-9(23)16(13)27)14-17(28)10(24)5-11(25)18(14)29/h1-5H. The Morgan fingerprint density at radius 3 is 1.10 bits per heavy atom. The van der Waals surface area contributed by atoms with Gasteiger partial charge < -0.3 is 0 Å². The average Bonchev–Trinajstić information content (AvgIpc) is 2.64. The summed E-state index contributed by atoms with van der Waals surface area (Å²) in [5.41, 5.74) is -1.93. The second-order valence-electron chi connectivity index (χ2n) is 5.83. The molecule has 0 aliphatic carbocycles. The number of halogens is 10. The summed E-state index contributed by atoms with van der Waals surface area (Å²) in [4.78, 5) is 0. The molecule has 0 saturated heterocycles.